The van der Waals surface area contributed by atoms with Crippen molar-refractivity contribution in [3.05, 3.63) is 24.2 Å². The highest BCUT2D eigenvalue weighted by molar-refractivity contribution is 8.15. The van der Waals surface area contributed by atoms with Crippen molar-refractivity contribution in [3.8, 4) is 0 Å². The third kappa shape index (κ3) is 1.40. The number of amides is 1. The second-order valence-electron chi connectivity index (χ2n) is 3.12. The smallest absolute Gasteiger partial charge is 0.253 e. The van der Waals surface area contributed by atoms with E-state index in [9.17, 15) is 4.79 Å². The lowest BCUT2D eigenvalue weighted by Crippen LogP contribution is -2.51. The van der Waals surface area contributed by atoms with Gasteiger partial charge in [0.1, 0.15) is 5.76 Å². The molecule has 0 radical (unpaired) electrons. The van der Waals surface area contributed by atoms with E-state index in [1.54, 1.807) is 12.3 Å². The normalized spacial score (nSPS) is 24.8. The Morgan fingerprint density at radius 1 is 1.67 bits per heavy atom. The fourth-order valence-electron chi connectivity index (χ4n) is 1.43. The van der Waals surface area contributed by atoms with E-state index in [0.717, 1.165) is 0 Å². The minimum absolute atomic E-state index is 0.0109. The van der Waals surface area contributed by atoms with Crippen LogP contribution in [0, 0.1) is 0 Å². The van der Waals surface area contributed by atoms with Gasteiger partial charge < -0.3 is 4.42 Å². The van der Waals surface area contributed by atoms with Crippen molar-refractivity contribution in [2.75, 3.05) is 5.75 Å². The molecule has 3 rings (SSSR count). The summed E-state index contributed by atoms with van der Waals surface area (Å²) in [6, 6.07) is 3.61. The molecule has 0 aromatic carbocycles. The molecule has 1 fully saturated rings. The molecule has 1 aromatic heterocycles. The number of carbonyl (C=O) groups excluding carboxylic acids is 1. The highest BCUT2D eigenvalue weighted by Crippen LogP contribution is 2.23. The summed E-state index contributed by atoms with van der Waals surface area (Å²) in [5.41, 5.74) is 5.88. The third-order valence-electron chi connectivity index (χ3n) is 2.14. The quantitative estimate of drug-likeness (QED) is 0.714. The number of fused-ring (bicyclic) bond motifs is 1. The summed E-state index contributed by atoms with van der Waals surface area (Å²) in [4.78, 5) is 11.4. The van der Waals surface area contributed by atoms with E-state index in [4.69, 9.17) is 4.42 Å². The van der Waals surface area contributed by atoms with Crippen molar-refractivity contribution < 1.29 is 9.21 Å². The maximum Gasteiger partial charge on any atom is 0.253 e. The molecule has 0 bridgehead atoms. The Hall–Kier alpha value is -1.47. The maximum absolute atomic E-state index is 11.4. The van der Waals surface area contributed by atoms with Crippen molar-refractivity contribution in [2.45, 2.75) is 6.17 Å². The van der Waals surface area contributed by atoms with Crippen molar-refractivity contribution >= 4 is 22.8 Å². The van der Waals surface area contributed by atoms with Gasteiger partial charge in [-0.2, -0.15) is 10.5 Å². The van der Waals surface area contributed by atoms with Gasteiger partial charge in [-0.1, -0.05) is 11.8 Å². The summed E-state index contributed by atoms with van der Waals surface area (Å²) < 4.78 is 5.22. The highest BCUT2D eigenvalue weighted by Gasteiger charge is 2.34. The number of furan rings is 1. The van der Waals surface area contributed by atoms with E-state index in [2.05, 4.69) is 16.0 Å². The number of hydrogen-bond donors (Lipinski definition) is 2. The molecule has 0 spiro atoms. The van der Waals surface area contributed by atoms with Crippen LogP contribution in [0.4, 0.5) is 0 Å². The van der Waals surface area contributed by atoms with Gasteiger partial charge in [0.25, 0.3) is 5.91 Å². The number of hydrogen-bond acceptors (Lipinski definition) is 6. The minimum atomic E-state index is -0.286. The molecule has 78 valence electrons. The number of hydrazone groups is 1. The van der Waals surface area contributed by atoms with Gasteiger partial charge in [-0.15, -0.1) is 0 Å². The first-order valence-corrected chi connectivity index (χ1v) is 5.42. The second-order valence-corrected chi connectivity index (χ2v) is 4.06. The van der Waals surface area contributed by atoms with Crippen LogP contribution in [-0.4, -0.2) is 21.8 Å². The van der Waals surface area contributed by atoms with Crippen LogP contribution in [0.25, 0.3) is 0 Å². The third-order valence-corrected chi connectivity index (χ3v) is 3.06. The molecule has 2 N–H and O–H groups in total. The monoisotopic (exact) mass is 224 g/mol. The Labute approximate surface area is 89.7 Å². The zero-order valence-corrected chi connectivity index (χ0v) is 8.45. The van der Waals surface area contributed by atoms with E-state index < -0.39 is 0 Å². The first-order chi connectivity index (χ1) is 7.34. The number of rotatable bonds is 1. The maximum atomic E-state index is 11.4. The minimum Gasteiger partial charge on any atom is -0.466 e. The van der Waals surface area contributed by atoms with E-state index in [0.29, 0.717) is 16.7 Å². The Morgan fingerprint density at radius 2 is 2.60 bits per heavy atom. The molecule has 3 heterocycles. The van der Waals surface area contributed by atoms with Crippen LogP contribution in [0.5, 0.6) is 0 Å². The van der Waals surface area contributed by atoms with Crippen molar-refractivity contribution in [1.82, 2.24) is 15.9 Å². The summed E-state index contributed by atoms with van der Waals surface area (Å²) in [6.07, 6.45) is 1.30. The van der Waals surface area contributed by atoms with Crippen LogP contribution in [0.2, 0.25) is 0 Å². The van der Waals surface area contributed by atoms with E-state index in [1.165, 1.54) is 16.8 Å². The average Bonchev–Trinajstić information content (AvgIpc) is 2.88. The molecule has 2 aliphatic heterocycles. The van der Waals surface area contributed by atoms with Crippen LogP contribution in [0.3, 0.4) is 0 Å². The molecule has 2 aliphatic rings. The molecular weight excluding hydrogens is 216 g/mol. The summed E-state index contributed by atoms with van der Waals surface area (Å²) in [5.74, 6) is 1.14. The topological polar surface area (TPSA) is 69.9 Å². The number of thioether (sulfide) groups is 1. The Morgan fingerprint density at radius 3 is 3.40 bits per heavy atom. The molecule has 0 aliphatic carbocycles. The van der Waals surface area contributed by atoms with Gasteiger partial charge in [-0.25, -0.2) is 5.01 Å². The highest BCUT2D eigenvalue weighted by atomic mass is 32.2. The first kappa shape index (κ1) is 8.81. The van der Waals surface area contributed by atoms with Crippen LogP contribution < -0.4 is 10.9 Å². The molecule has 15 heavy (non-hydrogen) atoms. The summed E-state index contributed by atoms with van der Waals surface area (Å²) in [6.45, 7) is 0. The first-order valence-electron chi connectivity index (χ1n) is 4.43. The molecular formula is C8H8N4O2S. The van der Waals surface area contributed by atoms with E-state index in [-0.39, 0.29) is 12.1 Å². The second kappa shape index (κ2) is 3.28. The molecule has 1 amide bonds. The molecule has 7 heteroatoms. The van der Waals surface area contributed by atoms with Crippen LogP contribution in [0.15, 0.2) is 27.9 Å². The molecule has 1 saturated heterocycles. The van der Waals surface area contributed by atoms with Crippen molar-refractivity contribution in [2.24, 2.45) is 5.10 Å². The molecule has 1 unspecified atom stereocenters. The lowest BCUT2D eigenvalue weighted by molar-refractivity contribution is -0.127. The fraction of sp³-hybridized carbons (Fsp3) is 0.250. The zero-order chi connectivity index (χ0) is 10.3. The molecule has 6 nitrogen and oxygen atoms in total. The van der Waals surface area contributed by atoms with E-state index >= 15 is 0 Å². The summed E-state index contributed by atoms with van der Waals surface area (Å²) in [7, 11) is 0. The van der Waals surface area contributed by atoms with Crippen LogP contribution >= 0.6 is 11.8 Å². The number of nitrogens with zero attached hydrogens (tertiary/aromatic N) is 2. The Balaban J connectivity index is 1.85. The summed E-state index contributed by atoms with van der Waals surface area (Å²) >= 11 is 1.40. The molecule has 0 saturated carbocycles. The van der Waals surface area contributed by atoms with Gasteiger partial charge in [0, 0.05) is 0 Å². The number of carbonyl (C=O) groups is 1. The van der Waals surface area contributed by atoms with Gasteiger partial charge in [0.05, 0.1) is 12.0 Å². The lowest BCUT2D eigenvalue weighted by Gasteiger charge is -2.27. The number of amidine groups is 1. The predicted octanol–water partition coefficient (Wildman–Crippen LogP) is 0.232. The van der Waals surface area contributed by atoms with Gasteiger partial charge >= 0.3 is 0 Å². The van der Waals surface area contributed by atoms with Gasteiger partial charge in [0.15, 0.2) is 6.17 Å². The summed E-state index contributed by atoms with van der Waals surface area (Å²) in [5, 5.41) is 6.20. The Kier molecular flexibility index (Phi) is 1.93. The van der Waals surface area contributed by atoms with Crippen LogP contribution in [0.1, 0.15) is 11.9 Å². The predicted molar refractivity (Wildman–Crippen MR) is 54.5 cm³/mol. The van der Waals surface area contributed by atoms with Gasteiger partial charge in [0.2, 0.25) is 5.17 Å². The fourth-order valence-corrected chi connectivity index (χ4v) is 2.21. The molecule has 1 atom stereocenters. The average molecular weight is 224 g/mol. The lowest BCUT2D eigenvalue weighted by atomic mass is 10.4. The number of nitrogens with one attached hydrogen (secondary N) is 2. The standard InChI is InChI=1S/C8H8N4O2S/c13-6-4-15-8-10-9-7(11-12(6)8)5-2-1-3-14-5/h1-3,7,9,11H,4H2. The van der Waals surface area contributed by atoms with Gasteiger partial charge in [-0.3, -0.25) is 10.2 Å². The van der Waals surface area contributed by atoms with Crippen LogP contribution in [-0.2, 0) is 4.79 Å². The Bertz CT molecular complexity index is 416. The van der Waals surface area contributed by atoms with Crippen molar-refractivity contribution in [1.29, 1.82) is 0 Å². The largest absolute Gasteiger partial charge is 0.466 e. The van der Waals surface area contributed by atoms with Crippen molar-refractivity contribution in [3.63, 3.8) is 0 Å². The van der Waals surface area contributed by atoms with Gasteiger partial charge in [-0.05, 0) is 12.1 Å². The zero-order valence-electron chi connectivity index (χ0n) is 7.64. The molecule has 1 aromatic rings. The SMILES string of the molecule is O=C1CSC2=NNC(c3ccco3)NN12. The van der Waals surface area contributed by atoms with E-state index in [1.807, 2.05) is 6.07 Å². The number of hydrazine groups is 1.